The highest BCUT2D eigenvalue weighted by molar-refractivity contribution is 8.14. The highest BCUT2D eigenvalue weighted by atomic mass is 32.2. The monoisotopic (exact) mass is 465 g/mol. The number of rotatable bonds is 13. The molecule has 0 aromatic carbocycles. The van der Waals surface area contributed by atoms with Crippen LogP contribution in [0.4, 0.5) is 0 Å². The molecule has 8 nitrogen and oxygen atoms in total. The van der Waals surface area contributed by atoms with Gasteiger partial charge in [0.1, 0.15) is 22.9 Å². The number of nitrogens with one attached hydrogen (secondary N) is 2. The molecular weight excluding hydrogens is 430 g/mol. The zero-order chi connectivity index (χ0) is 23.8. The Morgan fingerprint density at radius 2 is 2.06 bits per heavy atom. The Balaban J connectivity index is 2.26. The van der Waals surface area contributed by atoms with E-state index >= 15 is 0 Å². The highest BCUT2D eigenvalue weighted by Gasteiger charge is 2.45. The third kappa shape index (κ3) is 6.46. The van der Waals surface area contributed by atoms with Crippen LogP contribution < -0.4 is 15.6 Å². The molecule has 2 N–H and O–H groups in total. The van der Waals surface area contributed by atoms with Crippen LogP contribution in [-0.2, 0) is 14.3 Å². The van der Waals surface area contributed by atoms with Gasteiger partial charge in [0.2, 0.25) is 11.7 Å². The van der Waals surface area contributed by atoms with E-state index in [1.807, 2.05) is 27.7 Å². The van der Waals surface area contributed by atoms with Crippen LogP contribution in [0.1, 0.15) is 59.2 Å². The molecular formula is C23H35N3O5S. The summed E-state index contributed by atoms with van der Waals surface area (Å²) in [5, 5.41) is 3.73. The van der Waals surface area contributed by atoms with E-state index in [1.54, 1.807) is 19.1 Å². The molecule has 1 amide bonds. The van der Waals surface area contributed by atoms with Crippen molar-refractivity contribution in [3.8, 4) is 5.75 Å². The summed E-state index contributed by atoms with van der Waals surface area (Å²) in [6.07, 6.45) is 3.08. The number of aromatic amines is 1. The fourth-order valence-electron chi connectivity index (χ4n) is 3.44. The lowest BCUT2D eigenvalue weighted by molar-refractivity contribution is -0.169. The molecule has 0 fully saturated rings. The zero-order valence-electron chi connectivity index (χ0n) is 19.7. The molecule has 0 radical (unpaired) electrons. The number of carbonyl (C=O) groups excluding carboxylic acids is 1. The van der Waals surface area contributed by atoms with Gasteiger partial charge in [-0.3, -0.25) is 14.6 Å². The van der Waals surface area contributed by atoms with Crippen molar-refractivity contribution in [1.82, 2.24) is 10.3 Å². The van der Waals surface area contributed by atoms with E-state index in [-0.39, 0.29) is 17.5 Å². The minimum Gasteiger partial charge on any atom is -0.489 e. The number of H-pyrrole nitrogens is 1. The first-order chi connectivity index (χ1) is 15.2. The molecule has 1 aliphatic heterocycles. The lowest BCUT2D eigenvalue weighted by Gasteiger charge is -2.29. The second kappa shape index (κ2) is 11.7. The molecule has 2 atom stereocenters. The average molecular weight is 466 g/mol. The maximum absolute atomic E-state index is 13.3. The van der Waals surface area contributed by atoms with Gasteiger partial charge in [-0.25, -0.2) is 0 Å². The van der Waals surface area contributed by atoms with Crippen molar-refractivity contribution in [3.63, 3.8) is 0 Å². The summed E-state index contributed by atoms with van der Waals surface area (Å²) < 4.78 is 17.1. The fourth-order valence-corrected chi connectivity index (χ4v) is 4.69. The molecule has 32 heavy (non-hydrogen) atoms. The predicted molar refractivity (Wildman–Crippen MR) is 129 cm³/mol. The topological polar surface area (TPSA) is 102 Å². The number of aliphatic imine (C=N–C) groups is 1. The average Bonchev–Trinajstić information content (AvgIpc) is 3.16. The van der Waals surface area contributed by atoms with Gasteiger partial charge >= 0.3 is 0 Å². The first-order valence-electron chi connectivity index (χ1n) is 11.0. The molecule has 0 bridgehead atoms. The third-order valence-corrected chi connectivity index (χ3v) is 6.46. The Labute approximate surface area is 194 Å². The van der Waals surface area contributed by atoms with Crippen molar-refractivity contribution in [2.45, 2.75) is 64.8 Å². The van der Waals surface area contributed by atoms with Gasteiger partial charge in [-0.1, -0.05) is 26.0 Å². The number of aromatic nitrogens is 1. The van der Waals surface area contributed by atoms with Crippen molar-refractivity contribution in [2.24, 2.45) is 4.99 Å². The Kier molecular flexibility index (Phi) is 9.54. The Bertz CT molecular complexity index is 879. The number of hydrogen-bond acceptors (Lipinski definition) is 7. The molecule has 1 unspecified atom stereocenters. The number of amides is 1. The molecule has 0 saturated carbocycles. The molecule has 1 aromatic rings. The van der Waals surface area contributed by atoms with Gasteiger partial charge in [0.05, 0.1) is 6.04 Å². The van der Waals surface area contributed by atoms with Crippen molar-refractivity contribution in [3.05, 3.63) is 40.8 Å². The van der Waals surface area contributed by atoms with E-state index in [0.717, 1.165) is 6.42 Å². The Hall–Kier alpha value is -2.10. The third-order valence-electron chi connectivity index (χ3n) is 5.02. The van der Waals surface area contributed by atoms with Gasteiger partial charge in [-0.05, 0) is 34.1 Å². The van der Waals surface area contributed by atoms with Crippen LogP contribution in [0.2, 0.25) is 0 Å². The van der Waals surface area contributed by atoms with Crippen LogP contribution in [0.15, 0.2) is 34.6 Å². The first-order valence-corrected chi connectivity index (χ1v) is 12.0. The van der Waals surface area contributed by atoms with Crippen molar-refractivity contribution in [2.75, 3.05) is 25.6 Å². The molecule has 0 saturated heterocycles. The van der Waals surface area contributed by atoms with Crippen molar-refractivity contribution >= 4 is 22.7 Å². The normalized spacial score (nSPS) is 19.3. The summed E-state index contributed by atoms with van der Waals surface area (Å²) in [6.45, 7) is 14.3. The molecule has 1 aromatic heterocycles. The summed E-state index contributed by atoms with van der Waals surface area (Å²) in [5.41, 5.74) is -0.665. The van der Waals surface area contributed by atoms with Crippen LogP contribution in [0.5, 0.6) is 5.75 Å². The minimum atomic E-state index is -0.975. The maximum Gasteiger partial charge on any atom is 0.251 e. The standard InChI is InChI=1S/C23H35N3O5S/c1-7-11-17(18-13-16(29-12-8-2)14-19(27)24-18)25-20(28)22(5)15-32-21(26-22)23(6,30-9-3)31-10-4/h8,13-14,17H,2,7,9-12,15H2,1,3-6H3,(H,24,27)(H,25,28)/t17?,22-/m0/s1. The van der Waals surface area contributed by atoms with E-state index in [0.29, 0.717) is 48.5 Å². The Morgan fingerprint density at radius 3 is 2.66 bits per heavy atom. The summed E-state index contributed by atoms with van der Waals surface area (Å²) >= 11 is 1.47. The van der Waals surface area contributed by atoms with Gasteiger partial charge in [0, 0.05) is 36.8 Å². The zero-order valence-corrected chi connectivity index (χ0v) is 20.5. The van der Waals surface area contributed by atoms with Gasteiger partial charge in [-0.15, -0.1) is 11.8 Å². The van der Waals surface area contributed by atoms with Crippen molar-refractivity contribution < 1.29 is 19.0 Å². The van der Waals surface area contributed by atoms with Gasteiger partial charge in [0.15, 0.2) is 0 Å². The first kappa shape index (κ1) is 26.2. The van der Waals surface area contributed by atoms with E-state index in [1.165, 1.54) is 17.8 Å². The molecule has 9 heteroatoms. The minimum absolute atomic E-state index is 0.216. The lowest BCUT2D eigenvalue weighted by Crippen LogP contribution is -2.46. The van der Waals surface area contributed by atoms with Crippen molar-refractivity contribution in [1.29, 1.82) is 0 Å². The second-order valence-electron chi connectivity index (χ2n) is 7.84. The van der Waals surface area contributed by atoms with Crippen LogP contribution in [0.25, 0.3) is 0 Å². The lowest BCUT2D eigenvalue weighted by atomic mass is 10.0. The van der Waals surface area contributed by atoms with E-state index in [9.17, 15) is 9.59 Å². The summed E-state index contributed by atoms with van der Waals surface area (Å²) in [7, 11) is 0. The second-order valence-corrected chi connectivity index (χ2v) is 8.81. The molecule has 0 aliphatic carbocycles. The quantitative estimate of drug-likeness (QED) is 0.341. The van der Waals surface area contributed by atoms with Gasteiger partial charge in [-0.2, -0.15) is 0 Å². The number of carbonyl (C=O) groups is 1. The van der Waals surface area contributed by atoms with Crippen LogP contribution in [-0.4, -0.2) is 52.8 Å². The molecule has 0 spiro atoms. The summed E-state index contributed by atoms with van der Waals surface area (Å²) in [4.78, 5) is 33.0. The smallest absolute Gasteiger partial charge is 0.251 e. The number of thioether (sulfide) groups is 1. The van der Waals surface area contributed by atoms with Crippen LogP contribution >= 0.6 is 11.8 Å². The van der Waals surface area contributed by atoms with E-state index < -0.39 is 11.3 Å². The van der Waals surface area contributed by atoms with Crippen LogP contribution in [0, 0.1) is 0 Å². The summed E-state index contributed by atoms with van der Waals surface area (Å²) in [6, 6.07) is 2.75. The van der Waals surface area contributed by atoms with E-state index in [2.05, 4.69) is 16.9 Å². The molecule has 2 heterocycles. The predicted octanol–water partition coefficient (Wildman–Crippen LogP) is 3.59. The molecule has 2 rings (SSSR count). The van der Waals surface area contributed by atoms with Crippen LogP contribution in [0.3, 0.4) is 0 Å². The number of pyridine rings is 1. The number of hydrogen-bond donors (Lipinski definition) is 2. The SMILES string of the molecule is C=CCOc1cc(C(CCC)NC(=O)[C@]2(C)CSC(C(C)(OCC)OCC)=N2)[nH]c(=O)c1. The Morgan fingerprint density at radius 1 is 1.38 bits per heavy atom. The van der Waals surface area contributed by atoms with Gasteiger partial charge < -0.3 is 24.5 Å². The molecule has 178 valence electrons. The maximum atomic E-state index is 13.3. The largest absolute Gasteiger partial charge is 0.489 e. The number of nitrogens with zero attached hydrogens (tertiary/aromatic N) is 1. The highest BCUT2D eigenvalue weighted by Crippen LogP contribution is 2.35. The molecule has 1 aliphatic rings. The van der Waals surface area contributed by atoms with E-state index in [4.69, 9.17) is 19.2 Å². The summed E-state index contributed by atoms with van der Waals surface area (Å²) in [5.74, 6) is -0.281. The fraction of sp³-hybridized carbons (Fsp3) is 0.609. The number of ether oxygens (including phenoxy) is 3. The van der Waals surface area contributed by atoms with Gasteiger partial charge in [0.25, 0.3) is 5.56 Å².